The fraction of sp³-hybridized carbons (Fsp3) is 0.211. The molecule has 0 fully saturated rings. The summed E-state index contributed by atoms with van der Waals surface area (Å²) in [6.07, 6.45) is 1.17. The molecule has 3 aromatic rings. The van der Waals surface area contributed by atoms with Crippen LogP contribution in [-0.2, 0) is 11.3 Å². The van der Waals surface area contributed by atoms with Crippen LogP contribution in [0.3, 0.4) is 0 Å². The highest BCUT2D eigenvalue weighted by Gasteiger charge is 2.04. The minimum absolute atomic E-state index is 0.0420. The number of hydrogen-bond acceptors (Lipinski definition) is 2. The molecule has 0 aliphatic rings. The van der Waals surface area contributed by atoms with Crippen molar-refractivity contribution in [3.8, 4) is 5.75 Å². The van der Waals surface area contributed by atoms with Gasteiger partial charge in [-0.1, -0.05) is 36.4 Å². The highest BCUT2D eigenvalue weighted by Crippen LogP contribution is 2.14. The molecular weight excluding hydrogens is 288 g/mol. The fourth-order valence-electron chi connectivity index (χ4n) is 2.45. The first kappa shape index (κ1) is 15.2. The van der Waals surface area contributed by atoms with E-state index in [4.69, 9.17) is 4.74 Å². The maximum Gasteiger partial charge on any atom is 0.220 e. The molecule has 0 aliphatic carbocycles. The maximum absolute atomic E-state index is 11.9. The summed E-state index contributed by atoms with van der Waals surface area (Å²) in [5.74, 6) is 0.881. The van der Waals surface area contributed by atoms with Gasteiger partial charge in [0.05, 0.1) is 13.2 Å². The third kappa shape index (κ3) is 4.36. The second kappa shape index (κ2) is 7.49. The molecule has 0 unspecified atom stereocenters. The summed E-state index contributed by atoms with van der Waals surface area (Å²) in [6, 6.07) is 19.8. The van der Waals surface area contributed by atoms with E-state index in [1.165, 1.54) is 0 Å². The van der Waals surface area contributed by atoms with Crippen LogP contribution in [0.2, 0.25) is 0 Å². The van der Waals surface area contributed by atoms with Gasteiger partial charge in [0.2, 0.25) is 5.91 Å². The SMILES string of the molecule is O=C(CCCOc1ccccc1)NCc1cc2ccccc2[nH]1. The van der Waals surface area contributed by atoms with Crippen molar-refractivity contribution >= 4 is 16.8 Å². The van der Waals surface area contributed by atoms with Crippen LogP contribution in [0, 0.1) is 0 Å². The quantitative estimate of drug-likeness (QED) is 0.655. The Morgan fingerprint density at radius 2 is 1.83 bits per heavy atom. The summed E-state index contributed by atoms with van der Waals surface area (Å²) in [5, 5.41) is 4.09. The first-order valence-electron chi connectivity index (χ1n) is 7.82. The average Bonchev–Trinajstić information content (AvgIpc) is 3.01. The minimum Gasteiger partial charge on any atom is -0.494 e. The number of para-hydroxylation sites is 2. The number of nitrogens with one attached hydrogen (secondary N) is 2. The minimum atomic E-state index is 0.0420. The molecule has 1 amide bonds. The normalized spacial score (nSPS) is 10.6. The highest BCUT2D eigenvalue weighted by atomic mass is 16.5. The van der Waals surface area contributed by atoms with Crippen LogP contribution in [0.25, 0.3) is 10.9 Å². The van der Waals surface area contributed by atoms with Gasteiger partial charge in [0.1, 0.15) is 5.75 Å². The molecule has 0 atom stereocenters. The maximum atomic E-state index is 11.9. The van der Waals surface area contributed by atoms with Crippen molar-refractivity contribution in [3.05, 3.63) is 66.4 Å². The van der Waals surface area contributed by atoms with Crippen LogP contribution >= 0.6 is 0 Å². The topological polar surface area (TPSA) is 54.1 Å². The van der Waals surface area contributed by atoms with Crippen molar-refractivity contribution in [2.75, 3.05) is 6.61 Å². The molecule has 0 saturated carbocycles. The molecule has 2 aromatic carbocycles. The molecule has 0 saturated heterocycles. The summed E-state index contributed by atoms with van der Waals surface area (Å²) in [7, 11) is 0. The Labute approximate surface area is 135 Å². The second-order valence-corrected chi connectivity index (χ2v) is 5.42. The Hall–Kier alpha value is -2.75. The van der Waals surface area contributed by atoms with Gasteiger partial charge in [0.15, 0.2) is 0 Å². The number of carbonyl (C=O) groups excluding carboxylic acids is 1. The Kier molecular flexibility index (Phi) is 4.94. The number of hydrogen-bond donors (Lipinski definition) is 2. The molecule has 0 bridgehead atoms. The van der Waals surface area contributed by atoms with Gasteiger partial charge in [0, 0.05) is 17.6 Å². The van der Waals surface area contributed by atoms with E-state index in [1.807, 2.05) is 48.5 Å². The Bertz CT molecular complexity index is 732. The van der Waals surface area contributed by atoms with E-state index in [-0.39, 0.29) is 5.91 Å². The summed E-state index contributed by atoms with van der Waals surface area (Å²) in [4.78, 5) is 15.2. The van der Waals surface area contributed by atoms with Crippen LogP contribution in [0.15, 0.2) is 60.7 Å². The first-order chi connectivity index (χ1) is 11.3. The van der Waals surface area contributed by atoms with Gasteiger partial charge in [-0.2, -0.15) is 0 Å². The molecule has 1 aromatic heterocycles. The molecule has 2 N–H and O–H groups in total. The lowest BCUT2D eigenvalue weighted by Crippen LogP contribution is -2.23. The Balaban J connectivity index is 1.38. The van der Waals surface area contributed by atoms with E-state index >= 15 is 0 Å². The molecule has 118 valence electrons. The predicted octanol–water partition coefficient (Wildman–Crippen LogP) is 3.64. The summed E-state index contributed by atoms with van der Waals surface area (Å²) < 4.78 is 5.57. The zero-order valence-corrected chi connectivity index (χ0v) is 12.9. The lowest BCUT2D eigenvalue weighted by atomic mass is 10.2. The van der Waals surface area contributed by atoms with E-state index in [1.54, 1.807) is 0 Å². The van der Waals surface area contributed by atoms with Gasteiger partial charge >= 0.3 is 0 Å². The average molecular weight is 308 g/mol. The van der Waals surface area contributed by atoms with Crippen LogP contribution in [0.5, 0.6) is 5.75 Å². The molecule has 3 rings (SSSR count). The van der Waals surface area contributed by atoms with E-state index < -0.39 is 0 Å². The van der Waals surface area contributed by atoms with Gasteiger partial charge in [0.25, 0.3) is 0 Å². The standard InChI is InChI=1S/C19H20N2O2/c22-19(11-6-12-23-17-8-2-1-3-9-17)20-14-16-13-15-7-4-5-10-18(15)21-16/h1-5,7-10,13,21H,6,11-12,14H2,(H,20,22). The van der Waals surface area contributed by atoms with E-state index in [0.29, 0.717) is 26.0 Å². The van der Waals surface area contributed by atoms with E-state index in [0.717, 1.165) is 22.3 Å². The third-order valence-electron chi connectivity index (χ3n) is 3.62. The van der Waals surface area contributed by atoms with Crippen LogP contribution < -0.4 is 10.1 Å². The van der Waals surface area contributed by atoms with E-state index in [9.17, 15) is 4.79 Å². The lowest BCUT2D eigenvalue weighted by Gasteiger charge is -2.06. The van der Waals surface area contributed by atoms with Gasteiger partial charge in [-0.3, -0.25) is 4.79 Å². The zero-order valence-electron chi connectivity index (χ0n) is 12.9. The van der Waals surface area contributed by atoms with Crippen molar-refractivity contribution in [3.63, 3.8) is 0 Å². The number of amides is 1. The number of aromatic amines is 1. The Morgan fingerprint density at radius 3 is 2.65 bits per heavy atom. The molecule has 0 radical (unpaired) electrons. The van der Waals surface area contributed by atoms with Crippen molar-refractivity contribution in [2.24, 2.45) is 0 Å². The number of benzene rings is 2. The largest absolute Gasteiger partial charge is 0.494 e. The number of rotatable bonds is 7. The number of aromatic nitrogens is 1. The van der Waals surface area contributed by atoms with Crippen molar-refractivity contribution < 1.29 is 9.53 Å². The van der Waals surface area contributed by atoms with Crippen LogP contribution in [-0.4, -0.2) is 17.5 Å². The predicted molar refractivity (Wildman–Crippen MR) is 91.3 cm³/mol. The molecule has 0 spiro atoms. The third-order valence-corrected chi connectivity index (χ3v) is 3.62. The summed E-state index contributed by atoms with van der Waals surface area (Å²) >= 11 is 0. The van der Waals surface area contributed by atoms with Crippen LogP contribution in [0.4, 0.5) is 0 Å². The van der Waals surface area contributed by atoms with Gasteiger partial charge in [-0.15, -0.1) is 0 Å². The molecule has 4 heteroatoms. The van der Waals surface area contributed by atoms with Crippen molar-refractivity contribution in [1.29, 1.82) is 0 Å². The van der Waals surface area contributed by atoms with Gasteiger partial charge in [-0.05, 0) is 36.1 Å². The lowest BCUT2D eigenvalue weighted by molar-refractivity contribution is -0.121. The molecule has 4 nitrogen and oxygen atoms in total. The van der Waals surface area contributed by atoms with Crippen molar-refractivity contribution in [2.45, 2.75) is 19.4 Å². The van der Waals surface area contributed by atoms with Crippen LogP contribution in [0.1, 0.15) is 18.5 Å². The molecule has 23 heavy (non-hydrogen) atoms. The van der Waals surface area contributed by atoms with E-state index in [2.05, 4.69) is 22.4 Å². The zero-order chi connectivity index (χ0) is 15.9. The second-order valence-electron chi connectivity index (χ2n) is 5.42. The fourth-order valence-corrected chi connectivity index (χ4v) is 2.45. The number of carbonyl (C=O) groups is 1. The summed E-state index contributed by atoms with van der Waals surface area (Å²) in [5.41, 5.74) is 2.10. The number of fused-ring (bicyclic) bond motifs is 1. The van der Waals surface area contributed by atoms with Gasteiger partial charge < -0.3 is 15.0 Å². The highest BCUT2D eigenvalue weighted by molar-refractivity contribution is 5.80. The van der Waals surface area contributed by atoms with Gasteiger partial charge in [-0.25, -0.2) is 0 Å². The monoisotopic (exact) mass is 308 g/mol. The van der Waals surface area contributed by atoms with Crippen molar-refractivity contribution in [1.82, 2.24) is 10.3 Å². The molecule has 1 heterocycles. The summed E-state index contributed by atoms with van der Waals surface area (Å²) in [6.45, 7) is 1.07. The first-order valence-corrected chi connectivity index (χ1v) is 7.82. The Morgan fingerprint density at radius 1 is 1.04 bits per heavy atom. The molecular formula is C19H20N2O2. The number of H-pyrrole nitrogens is 1. The smallest absolute Gasteiger partial charge is 0.220 e. The number of ether oxygens (including phenoxy) is 1. The molecule has 0 aliphatic heterocycles.